The number of aliphatic hydroxyl groups excluding tert-OH is 1. The lowest BCUT2D eigenvalue weighted by molar-refractivity contribution is -0.138. The van der Waals surface area contributed by atoms with E-state index in [-0.39, 0.29) is 12.1 Å². The molecule has 0 amide bonds. The fourth-order valence-electron chi connectivity index (χ4n) is 1.50. The van der Waals surface area contributed by atoms with E-state index in [1.807, 2.05) is 0 Å². The Kier molecular flexibility index (Phi) is 5.10. The van der Waals surface area contributed by atoms with Crippen molar-refractivity contribution in [2.75, 3.05) is 6.54 Å². The number of hydrogen-bond donors (Lipinski definition) is 2. The summed E-state index contributed by atoms with van der Waals surface area (Å²) >= 11 is 0. The summed E-state index contributed by atoms with van der Waals surface area (Å²) in [5.41, 5.74) is -0.971. The SMILES string of the molecule is CC(O)CCNCc1ccc(F)cc1C(F)(F)F. The molecular formula is C12H15F4NO. The highest BCUT2D eigenvalue weighted by molar-refractivity contribution is 5.30. The average Bonchev–Trinajstić information content (AvgIpc) is 2.24. The van der Waals surface area contributed by atoms with Gasteiger partial charge in [-0.15, -0.1) is 0 Å². The Hall–Kier alpha value is -1.14. The summed E-state index contributed by atoms with van der Waals surface area (Å²) in [4.78, 5) is 0. The molecule has 0 radical (unpaired) electrons. The first-order chi connectivity index (χ1) is 8.30. The second-order valence-corrected chi connectivity index (χ2v) is 4.11. The van der Waals surface area contributed by atoms with Gasteiger partial charge >= 0.3 is 6.18 Å². The zero-order chi connectivity index (χ0) is 13.8. The van der Waals surface area contributed by atoms with Gasteiger partial charge in [-0.25, -0.2) is 4.39 Å². The molecule has 0 saturated heterocycles. The second-order valence-electron chi connectivity index (χ2n) is 4.11. The number of benzene rings is 1. The minimum absolute atomic E-state index is 0.00510. The van der Waals surface area contributed by atoms with Gasteiger partial charge in [0, 0.05) is 6.54 Å². The Morgan fingerprint density at radius 3 is 2.56 bits per heavy atom. The van der Waals surface area contributed by atoms with Crippen LogP contribution in [0.15, 0.2) is 18.2 Å². The standard InChI is InChI=1S/C12H15F4NO/c1-8(18)4-5-17-7-9-2-3-10(13)6-11(9)12(14,15)16/h2-3,6,8,17-18H,4-5,7H2,1H3. The van der Waals surface area contributed by atoms with E-state index in [0.29, 0.717) is 19.0 Å². The summed E-state index contributed by atoms with van der Waals surface area (Å²) in [6, 6.07) is 2.61. The molecule has 1 aromatic rings. The lowest BCUT2D eigenvalue weighted by atomic mass is 10.1. The Labute approximate surface area is 103 Å². The summed E-state index contributed by atoms with van der Waals surface area (Å²) in [5.74, 6) is -0.907. The van der Waals surface area contributed by atoms with Gasteiger partial charge in [-0.2, -0.15) is 13.2 Å². The maximum atomic E-state index is 12.8. The Bertz CT molecular complexity index is 390. The number of rotatable bonds is 5. The molecule has 0 heterocycles. The predicted molar refractivity (Wildman–Crippen MR) is 59.4 cm³/mol. The molecule has 1 aromatic carbocycles. The quantitative estimate of drug-likeness (QED) is 0.633. The van der Waals surface area contributed by atoms with E-state index >= 15 is 0 Å². The molecule has 1 atom stereocenters. The van der Waals surface area contributed by atoms with E-state index in [1.165, 1.54) is 0 Å². The van der Waals surface area contributed by atoms with Crippen LogP contribution in [0.3, 0.4) is 0 Å². The van der Waals surface area contributed by atoms with Crippen molar-refractivity contribution in [1.29, 1.82) is 0 Å². The van der Waals surface area contributed by atoms with Gasteiger partial charge in [-0.3, -0.25) is 0 Å². The number of nitrogens with one attached hydrogen (secondary N) is 1. The van der Waals surface area contributed by atoms with Gasteiger partial charge < -0.3 is 10.4 Å². The van der Waals surface area contributed by atoms with E-state index in [0.717, 1.165) is 12.1 Å². The monoisotopic (exact) mass is 265 g/mol. The molecule has 1 unspecified atom stereocenters. The van der Waals surface area contributed by atoms with Gasteiger partial charge in [0.25, 0.3) is 0 Å². The smallest absolute Gasteiger partial charge is 0.393 e. The highest BCUT2D eigenvalue weighted by atomic mass is 19.4. The van der Waals surface area contributed by atoms with Crippen molar-refractivity contribution in [3.63, 3.8) is 0 Å². The van der Waals surface area contributed by atoms with Crippen molar-refractivity contribution >= 4 is 0 Å². The van der Waals surface area contributed by atoms with E-state index in [4.69, 9.17) is 5.11 Å². The Morgan fingerprint density at radius 2 is 2.00 bits per heavy atom. The van der Waals surface area contributed by atoms with Crippen LogP contribution in [0.4, 0.5) is 17.6 Å². The third-order valence-electron chi connectivity index (χ3n) is 2.43. The van der Waals surface area contributed by atoms with E-state index in [9.17, 15) is 17.6 Å². The van der Waals surface area contributed by atoms with Crippen molar-refractivity contribution in [3.8, 4) is 0 Å². The molecule has 0 aromatic heterocycles. The van der Waals surface area contributed by atoms with Crippen molar-refractivity contribution in [1.82, 2.24) is 5.32 Å². The Morgan fingerprint density at radius 1 is 1.33 bits per heavy atom. The van der Waals surface area contributed by atoms with Crippen molar-refractivity contribution in [2.45, 2.75) is 32.2 Å². The molecule has 2 N–H and O–H groups in total. The summed E-state index contributed by atoms with van der Waals surface area (Å²) in [7, 11) is 0. The van der Waals surface area contributed by atoms with Crippen LogP contribution in [0.25, 0.3) is 0 Å². The normalized spacial score (nSPS) is 13.7. The number of alkyl halides is 3. The van der Waals surface area contributed by atoms with Crippen molar-refractivity contribution < 1.29 is 22.7 Å². The first-order valence-electron chi connectivity index (χ1n) is 5.55. The third kappa shape index (κ3) is 4.62. The molecule has 0 fully saturated rings. The molecule has 18 heavy (non-hydrogen) atoms. The molecule has 6 heteroatoms. The molecule has 102 valence electrons. The molecular weight excluding hydrogens is 250 g/mol. The molecule has 0 saturated carbocycles. The van der Waals surface area contributed by atoms with Crippen molar-refractivity contribution in [3.05, 3.63) is 35.1 Å². The van der Waals surface area contributed by atoms with Crippen LogP contribution in [0.1, 0.15) is 24.5 Å². The van der Waals surface area contributed by atoms with Crippen LogP contribution < -0.4 is 5.32 Å². The van der Waals surface area contributed by atoms with Crippen LogP contribution in [0.5, 0.6) is 0 Å². The van der Waals surface area contributed by atoms with Crippen LogP contribution >= 0.6 is 0 Å². The van der Waals surface area contributed by atoms with Gasteiger partial charge in [0.15, 0.2) is 0 Å². The third-order valence-corrected chi connectivity index (χ3v) is 2.43. The van der Waals surface area contributed by atoms with E-state index in [2.05, 4.69) is 5.32 Å². The first-order valence-corrected chi connectivity index (χ1v) is 5.55. The molecule has 2 nitrogen and oxygen atoms in total. The van der Waals surface area contributed by atoms with E-state index < -0.39 is 23.7 Å². The maximum Gasteiger partial charge on any atom is 0.416 e. The van der Waals surface area contributed by atoms with Crippen LogP contribution in [0.2, 0.25) is 0 Å². The number of aliphatic hydroxyl groups is 1. The van der Waals surface area contributed by atoms with Crippen LogP contribution in [-0.4, -0.2) is 17.8 Å². The molecule has 1 rings (SSSR count). The van der Waals surface area contributed by atoms with Gasteiger partial charge in [0.1, 0.15) is 5.82 Å². The number of halogens is 4. The largest absolute Gasteiger partial charge is 0.416 e. The molecule has 0 spiro atoms. The van der Waals surface area contributed by atoms with Gasteiger partial charge in [-0.1, -0.05) is 6.07 Å². The lowest BCUT2D eigenvalue weighted by Gasteiger charge is -2.14. The van der Waals surface area contributed by atoms with Gasteiger partial charge in [-0.05, 0) is 37.6 Å². The minimum atomic E-state index is -4.57. The van der Waals surface area contributed by atoms with Crippen molar-refractivity contribution in [2.24, 2.45) is 0 Å². The Balaban J connectivity index is 2.70. The topological polar surface area (TPSA) is 32.3 Å². The minimum Gasteiger partial charge on any atom is -0.393 e. The molecule has 0 aliphatic rings. The maximum absolute atomic E-state index is 12.8. The predicted octanol–water partition coefficient (Wildman–Crippen LogP) is 2.71. The highest BCUT2D eigenvalue weighted by Gasteiger charge is 2.33. The summed E-state index contributed by atoms with van der Waals surface area (Å²) in [6.07, 6.45) is -4.63. The zero-order valence-corrected chi connectivity index (χ0v) is 9.89. The first kappa shape index (κ1) is 14.9. The average molecular weight is 265 g/mol. The van der Waals surface area contributed by atoms with Gasteiger partial charge in [0.05, 0.1) is 11.7 Å². The summed E-state index contributed by atoms with van der Waals surface area (Å²) in [6.45, 7) is 1.98. The van der Waals surface area contributed by atoms with Crippen LogP contribution in [-0.2, 0) is 12.7 Å². The molecule has 0 bridgehead atoms. The summed E-state index contributed by atoms with van der Waals surface area (Å²) < 4.78 is 50.7. The fourth-order valence-corrected chi connectivity index (χ4v) is 1.50. The fraction of sp³-hybridized carbons (Fsp3) is 0.500. The number of hydrogen-bond acceptors (Lipinski definition) is 2. The molecule has 0 aliphatic heterocycles. The molecule has 0 aliphatic carbocycles. The zero-order valence-electron chi connectivity index (χ0n) is 9.89. The second kappa shape index (κ2) is 6.15. The summed E-state index contributed by atoms with van der Waals surface area (Å²) in [5, 5.41) is 11.8. The lowest BCUT2D eigenvalue weighted by Crippen LogP contribution is -2.21. The van der Waals surface area contributed by atoms with E-state index in [1.54, 1.807) is 6.92 Å². The van der Waals surface area contributed by atoms with Gasteiger partial charge in [0.2, 0.25) is 0 Å². The highest BCUT2D eigenvalue weighted by Crippen LogP contribution is 2.32. The van der Waals surface area contributed by atoms with Crippen LogP contribution in [0, 0.1) is 5.82 Å².